The van der Waals surface area contributed by atoms with Crippen molar-refractivity contribution in [1.29, 1.82) is 0 Å². The summed E-state index contributed by atoms with van der Waals surface area (Å²) in [5.41, 5.74) is 2.60. The second-order valence-corrected chi connectivity index (χ2v) is 12.9. The molecule has 44 heavy (non-hydrogen) atoms. The number of hydrogen-bond acceptors (Lipinski definition) is 10. The maximum atomic E-state index is 14.2. The number of likely N-dealkylation sites (N-methyl/N-ethyl adjacent to an activating group) is 1. The van der Waals surface area contributed by atoms with E-state index in [-0.39, 0.29) is 0 Å². The van der Waals surface area contributed by atoms with Gasteiger partial charge in [-0.3, -0.25) is 4.90 Å². The van der Waals surface area contributed by atoms with Crippen molar-refractivity contribution in [3.8, 4) is 5.75 Å². The maximum absolute atomic E-state index is 14.2. The lowest BCUT2D eigenvalue weighted by Gasteiger charge is -2.43. The number of aromatic nitrogens is 2. The second kappa shape index (κ2) is 13.9. The van der Waals surface area contributed by atoms with Crippen molar-refractivity contribution in [1.82, 2.24) is 19.8 Å². The Morgan fingerprint density at radius 1 is 1.02 bits per heavy atom. The van der Waals surface area contributed by atoms with Crippen LogP contribution in [0.1, 0.15) is 37.8 Å². The highest BCUT2D eigenvalue weighted by molar-refractivity contribution is 9.10. The Morgan fingerprint density at radius 2 is 1.75 bits per heavy atom. The maximum Gasteiger partial charge on any atom is 0.229 e. The zero-order chi connectivity index (χ0) is 31.4. The molecule has 0 spiro atoms. The van der Waals surface area contributed by atoms with Gasteiger partial charge < -0.3 is 35.0 Å². The fraction of sp³-hybridized carbons (Fsp3) is 0.500. The molecular weight excluding hydrogens is 629 g/mol. The summed E-state index contributed by atoms with van der Waals surface area (Å²) in [6.45, 7) is 10.2. The molecule has 0 amide bonds. The number of piperazine rings is 1. The van der Waals surface area contributed by atoms with Gasteiger partial charge in [-0.05, 0) is 67.9 Å². The average molecular weight is 673 g/mol. The van der Waals surface area contributed by atoms with Crippen LogP contribution in [0.2, 0.25) is 0 Å². The number of nitrogens with one attached hydrogen (secondary N) is 2. The van der Waals surface area contributed by atoms with Crippen LogP contribution in [0.3, 0.4) is 0 Å². The predicted molar refractivity (Wildman–Crippen MR) is 176 cm³/mol. The summed E-state index contributed by atoms with van der Waals surface area (Å²) < 4.78 is 26.2. The Labute approximate surface area is 267 Å². The van der Waals surface area contributed by atoms with E-state index in [2.05, 4.69) is 64.3 Å². The second-order valence-electron chi connectivity index (χ2n) is 12.1. The molecule has 2 aliphatic rings. The third kappa shape index (κ3) is 7.60. The minimum atomic E-state index is -1.19. The lowest BCUT2D eigenvalue weighted by molar-refractivity contribution is 0.0793. The molecule has 3 heterocycles. The largest absolute Gasteiger partial charge is 0.494 e. The summed E-state index contributed by atoms with van der Waals surface area (Å²) >= 11 is 3.49. The molecule has 2 fully saturated rings. The molecule has 0 bridgehead atoms. The molecule has 2 aromatic carbocycles. The number of hydrogen-bond donors (Lipinski definition) is 3. The van der Waals surface area contributed by atoms with Gasteiger partial charge in [-0.2, -0.15) is 4.98 Å². The molecule has 2 saturated heterocycles. The lowest BCUT2D eigenvalue weighted by Crippen LogP contribution is -2.52. The highest BCUT2D eigenvalue weighted by Crippen LogP contribution is 2.38. The minimum absolute atomic E-state index is 0.319. The van der Waals surface area contributed by atoms with Crippen LogP contribution in [0.4, 0.5) is 33.2 Å². The molecule has 2 aliphatic heterocycles. The Bertz CT molecular complexity index is 1440. The molecule has 1 aromatic heterocycles. The number of aliphatic hydroxyl groups is 1. The van der Waals surface area contributed by atoms with E-state index in [1.54, 1.807) is 40.3 Å². The zero-order valence-corrected chi connectivity index (χ0v) is 27.7. The van der Waals surface area contributed by atoms with Crippen molar-refractivity contribution < 1.29 is 19.0 Å². The number of ether oxygens (including phenoxy) is 2. The topological polar surface area (TPSA) is 98.2 Å². The monoisotopic (exact) mass is 671 g/mol. The Morgan fingerprint density at radius 3 is 2.41 bits per heavy atom. The number of halogens is 2. The highest BCUT2D eigenvalue weighted by Gasteiger charge is 2.28. The highest BCUT2D eigenvalue weighted by atomic mass is 79.9. The van der Waals surface area contributed by atoms with Crippen LogP contribution in [0.25, 0.3) is 0 Å². The summed E-state index contributed by atoms with van der Waals surface area (Å²) in [7, 11) is 5.55. The molecule has 0 radical (unpaired) electrons. The number of methoxy groups -OCH3 is 2. The van der Waals surface area contributed by atoms with Crippen molar-refractivity contribution in [2.24, 2.45) is 0 Å². The molecule has 12 heteroatoms. The summed E-state index contributed by atoms with van der Waals surface area (Å²) in [6.07, 6.45) is 3.87. The first kappa shape index (κ1) is 32.4. The molecule has 5 rings (SSSR count). The third-order valence-electron chi connectivity index (χ3n) is 8.44. The van der Waals surface area contributed by atoms with Gasteiger partial charge >= 0.3 is 0 Å². The van der Waals surface area contributed by atoms with Crippen LogP contribution in [0, 0.1) is 5.82 Å². The van der Waals surface area contributed by atoms with Gasteiger partial charge in [0.2, 0.25) is 5.95 Å². The van der Waals surface area contributed by atoms with Crippen LogP contribution in [-0.4, -0.2) is 91.5 Å². The third-order valence-corrected chi connectivity index (χ3v) is 9.02. The average Bonchev–Trinajstić information content (AvgIpc) is 2.99. The van der Waals surface area contributed by atoms with Crippen molar-refractivity contribution in [3.05, 3.63) is 57.9 Å². The van der Waals surface area contributed by atoms with Gasteiger partial charge in [-0.25, -0.2) is 9.37 Å². The van der Waals surface area contributed by atoms with Gasteiger partial charge in [-0.15, -0.1) is 0 Å². The first-order valence-corrected chi connectivity index (χ1v) is 15.8. The predicted octanol–water partition coefficient (Wildman–Crippen LogP) is 5.46. The molecule has 10 nitrogen and oxygen atoms in total. The van der Waals surface area contributed by atoms with Gasteiger partial charge in [0, 0.05) is 87.2 Å². The zero-order valence-electron chi connectivity index (χ0n) is 26.2. The Balaban J connectivity index is 1.36. The van der Waals surface area contributed by atoms with Crippen LogP contribution in [0.5, 0.6) is 5.75 Å². The van der Waals surface area contributed by atoms with Crippen LogP contribution >= 0.6 is 15.9 Å². The number of nitrogens with zero attached hydrogens (tertiary/aromatic N) is 5. The van der Waals surface area contributed by atoms with Gasteiger partial charge in [0.1, 0.15) is 17.4 Å². The Hall–Kier alpha value is -3.03. The summed E-state index contributed by atoms with van der Waals surface area (Å²) in [5.74, 6) is 0.966. The summed E-state index contributed by atoms with van der Waals surface area (Å²) in [5, 5.41) is 17.1. The molecule has 0 saturated carbocycles. The standard InChI is InChI=1S/C32H43BrFN7O3/c1-32(2,42)24-7-6-22(34)17-26(24)36-30-25(33)19-35-31(38-30)37-27-16-21(20-43-4)28(18-29(27)44-5)41-10-8-23(9-11-41)40-14-12-39(3)13-15-40/h6-7,16-19,23,42H,8-15,20H2,1-5H3,(H2,35,36,37,38). The molecule has 0 aliphatic carbocycles. The molecule has 0 atom stereocenters. The van der Waals surface area contributed by atoms with Gasteiger partial charge in [0.25, 0.3) is 0 Å². The molecular formula is C32H43BrFN7O3. The van der Waals surface area contributed by atoms with Gasteiger partial charge in [0.05, 0.1) is 29.5 Å². The van der Waals surface area contributed by atoms with E-state index in [4.69, 9.17) is 9.47 Å². The summed E-state index contributed by atoms with van der Waals surface area (Å²) in [6, 6.07) is 8.93. The molecule has 0 unspecified atom stereocenters. The number of benzene rings is 2. The van der Waals surface area contributed by atoms with E-state index in [9.17, 15) is 9.50 Å². The van der Waals surface area contributed by atoms with Gasteiger partial charge in [0.15, 0.2) is 0 Å². The SMILES string of the molecule is COCc1cc(Nc2ncc(Br)c(Nc3cc(F)ccc3C(C)(C)O)n2)c(OC)cc1N1CCC(N2CCN(C)CC2)CC1. The number of rotatable bonds is 10. The van der Waals surface area contributed by atoms with E-state index < -0.39 is 11.4 Å². The minimum Gasteiger partial charge on any atom is -0.494 e. The van der Waals surface area contributed by atoms with Crippen LogP contribution in [-0.2, 0) is 16.9 Å². The van der Waals surface area contributed by atoms with Crippen molar-refractivity contribution in [2.45, 2.75) is 44.9 Å². The van der Waals surface area contributed by atoms with Crippen molar-refractivity contribution >= 4 is 44.8 Å². The Kier molecular flexibility index (Phi) is 10.3. The van der Waals surface area contributed by atoms with E-state index >= 15 is 0 Å². The lowest BCUT2D eigenvalue weighted by atomic mass is 9.96. The summed E-state index contributed by atoms with van der Waals surface area (Å²) in [4.78, 5) is 16.6. The quantitative estimate of drug-likeness (QED) is 0.258. The molecule has 3 aromatic rings. The van der Waals surface area contributed by atoms with Gasteiger partial charge in [-0.1, -0.05) is 6.07 Å². The number of piperidine rings is 1. The van der Waals surface area contributed by atoms with Crippen LogP contribution in [0.15, 0.2) is 41.0 Å². The first-order chi connectivity index (χ1) is 21.0. The molecule has 3 N–H and O–H groups in total. The fourth-order valence-corrected chi connectivity index (χ4v) is 6.31. The van der Waals surface area contributed by atoms with Crippen LogP contribution < -0.4 is 20.3 Å². The fourth-order valence-electron chi connectivity index (χ4n) is 6.02. The van der Waals surface area contributed by atoms with E-state index in [1.165, 1.54) is 12.1 Å². The van der Waals surface area contributed by atoms with Crippen molar-refractivity contribution in [3.63, 3.8) is 0 Å². The molecule has 238 valence electrons. The van der Waals surface area contributed by atoms with E-state index in [0.29, 0.717) is 51.6 Å². The van der Waals surface area contributed by atoms with E-state index in [1.807, 2.05) is 6.07 Å². The number of anilines is 5. The normalized spacial score (nSPS) is 17.1. The smallest absolute Gasteiger partial charge is 0.229 e. The first-order valence-electron chi connectivity index (χ1n) is 15.0. The van der Waals surface area contributed by atoms with E-state index in [0.717, 1.165) is 63.4 Å². The van der Waals surface area contributed by atoms with Crippen molar-refractivity contribution in [2.75, 3.05) is 76.1 Å².